The molecule has 0 aliphatic rings. The highest BCUT2D eigenvalue weighted by Crippen LogP contribution is 2.43. The molecule has 0 bridgehead atoms. The van der Waals surface area contributed by atoms with Crippen molar-refractivity contribution in [3.63, 3.8) is 0 Å². The van der Waals surface area contributed by atoms with E-state index in [9.17, 15) is 4.79 Å². The number of hydrogen-bond acceptors (Lipinski definition) is 2. The van der Waals surface area contributed by atoms with Gasteiger partial charge in [-0.05, 0) is 13.3 Å². The number of hydrogen-bond donors (Lipinski definition) is 1. The van der Waals surface area contributed by atoms with Gasteiger partial charge in [0.25, 0.3) is 0 Å². The third-order valence-electron chi connectivity index (χ3n) is 2.53. The van der Waals surface area contributed by atoms with E-state index in [1.165, 1.54) is 13.0 Å². The first-order chi connectivity index (χ1) is 8.23. The lowest BCUT2D eigenvalue weighted by atomic mass is 10.0. The van der Waals surface area contributed by atoms with Gasteiger partial charge in [-0.1, -0.05) is 53.3 Å². The zero-order valence-corrected chi connectivity index (χ0v) is 12.6. The van der Waals surface area contributed by atoms with Crippen LogP contribution in [-0.4, -0.2) is 16.7 Å². The summed E-state index contributed by atoms with van der Waals surface area (Å²) in [7, 11) is 0. The van der Waals surface area contributed by atoms with E-state index in [2.05, 4.69) is 0 Å². The first-order valence-corrected chi connectivity index (χ1v) is 6.49. The molecule has 1 aromatic carbocycles. The van der Waals surface area contributed by atoms with Crippen LogP contribution in [0.5, 0.6) is 5.75 Å². The van der Waals surface area contributed by atoms with Crippen LogP contribution in [0.15, 0.2) is 6.07 Å². The lowest BCUT2D eigenvalue weighted by Crippen LogP contribution is -2.40. The quantitative estimate of drug-likeness (QED) is 0.628. The normalized spacial score (nSPS) is 14.1. The standard InChI is InChI=1S/C11H10Cl4O3/c1-3-11(2,10(16)17)18-6-4-5(12)7(13)9(15)8(6)14/h4H,3H2,1-2H3,(H,16,17). The lowest BCUT2D eigenvalue weighted by Gasteiger charge is -2.25. The number of aliphatic carboxylic acids is 1. The van der Waals surface area contributed by atoms with Crippen LogP contribution in [0.1, 0.15) is 20.3 Å². The fraction of sp³-hybridized carbons (Fsp3) is 0.364. The van der Waals surface area contributed by atoms with E-state index in [1.807, 2.05) is 0 Å². The van der Waals surface area contributed by atoms with Crippen molar-refractivity contribution >= 4 is 52.4 Å². The van der Waals surface area contributed by atoms with Gasteiger partial charge in [-0.2, -0.15) is 0 Å². The molecule has 0 heterocycles. The summed E-state index contributed by atoms with van der Waals surface area (Å²) >= 11 is 23.5. The van der Waals surface area contributed by atoms with Crippen molar-refractivity contribution in [1.29, 1.82) is 0 Å². The molecule has 18 heavy (non-hydrogen) atoms. The Kier molecular flexibility index (Phi) is 5.01. The number of carbonyl (C=O) groups is 1. The third kappa shape index (κ3) is 2.97. The van der Waals surface area contributed by atoms with Gasteiger partial charge in [0.1, 0.15) is 10.8 Å². The number of benzene rings is 1. The van der Waals surface area contributed by atoms with Crippen LogP contribution < -0.4 is 4.74 Å². The molecule has 0 radical (unpaired) electrons. The molecule has 0 aliphatic carbocycles. The van der Waals surface area contributed by atoms with E-state index in [-0.39, 0.29) is 32.3 Å². The Bertz CT molecular complexity index is 490. The molecule has 3 nitrogen and oxygen atoms in total. The largest absolute Gasteiger partial charge is 0.478 e. The first kappa shape index (κ1) is 15.7. The molecular formula is C11H10Cl4O3. The van der Waals surface area contributed by atoms with Gasteiger partial charge in [0, 0.05) is 6.07 Å². The molecule has 1 rings (SSSR count). The van der Waals surface area contributed by atoms with Crippen LogP contribution in [0.2, 0.25) is 20.1 Å². The van der Waals surface area contributed by atoms with Crippen molar-refractivity contribution in [3.8, 4) is 5.75 Å². The minimum Gasteiger partial charge on any atom is -0.478 e. The highest BCUT2D eigenvalue weighted by atomic mass is 35.5. The van der Waals surface area contributed by atoms with Gasteiger partial charge in [-0.15, -0.1) is 0 Å². The van der Waals surface area contributed by atoms with Crippen molar-refractivity contribution in [2.75, 3.05) is 0 Å². The molecule has 7 heteroatoms. The topological polar surface area (TPSA) is 46.5 Å². The maximum Gasteiger partial charge on any atom is 0.347 e. The van der Waals surface area contributed by atoms with Crippen molar-refractivity contribution < 1.29 is 14.6 Å². The highest BCUT2D eigenvalue weighted by molar-refractivity contribution is 6.52. The fourth-order valence-electron chi connectivity index (χ4n) is 1.14. The maximum absolute atomic E-state index is 11.1. The average molecular weight is 332 g/mol. The van der Waals surface area contributed by atoms with Gasteiger partial charge < -0.3 is 9.84 Å². The van der Waals surface area contributed by atoms with E-state index in [0.29, 0.717) is 0 Å². The maximum atomic E-state index is 11.1. The van der Waals surface area contributed by atoms with Gasteiger partial charge >= 0.3 is 5.97 Å². The predicted octanol–water partition coefficient (Wildman–Crippen LogP) is 4.93. The summed E-state index contributed by atoms with van der Waals surface area (Å²) in [6.45, 7) is 3.11. The van der Waals surface area contributed by atoms with E-state index in [0.717, 1.165) is 0 Å². The number of halogens is 4. The molecule has 1 aromatic rings. The van der Waals surface area contributed by atoms with Gasteiger partial charge in [-0.3, -0.25) is 0 Å². The van der Waals surface area contributed by atoms with Crippen molar-refractivity contribution in [2.24, 2.45) is 0 Å². The van der Waals surface area contributed by atoms with Gasteiger partial charge in [0.05, 0.1) is 15.1 Å². The molecule has 1 atom stereocenters. The molecular weight excluding hydrogens is 322 g/mol. The van der Waals surface area contributed by atoms with E-state index in [4.69, 9.17) is 56.2 Å². The SMILES string of the molecule is CCC(C)(Oc1cc(Cl)c(Cl)c(Cl)c1Cl)C(=O)O. The summed E-state index contributed by atoms with van der Waals surface area (Å²) in [5.74, 6) is -1.02. The average Bonchev–Trinajstić information content (AvgIpc) is 2.32. The monoisotopic (exact) mass is 330 g/mol. The molecule has 1 unspecified atom stereocenters. The summed E-state index contributed by atoms with van der Waals surface area (Å²) in [5.41, 5.74) is -1.41. The summed E-state index contributed by atoms with van der Waals surface area (Å²) in [4.78, 5) is 11.1. The van der Waals surface area contributed by atoms with E-state index < -0.39 is 11.6 Å². The highest BCUT2D eigenvalue weighted by Gasteiger charge is 2.34. The molecule has 100 valence electrons. The smallest absolute Gasteiger partial charge is 0.347 e. The Morgan fingerprint density at radius 1 is 1.28 bits per heavy atom. The van der Waals surface area contributed by atoms with Crippen molar-refractivity contribution in [1.82, 2.24) is 0 Å². The number of carboxylic acid groups (broad SMARTS) is 1. The Hall–Kier alpha value is -0.350. The molecule has 0 spiro atoms. The lowest BCUT2D eigenvalue weighted by molar-refractivity contribution is -0.154. The Labute approximate surface area is 125 Å². The Morgan fingerprint density at radius 3 is 2.28 bits per heavy atom. The Balaban J connectivity index is 3.24. The molecule has 0 aromatic heterocycles. The molecule has 1 N–H and O–H groups in total. The first-order valence-electron chi connectivity index (χ1n) is 4.98. The summed E-state index contributed by atoms with van der Waals surface area (Å²) in [6.07, 6.45) is 0.247. The number of ether oxygens (including phenoxy) is 1. The molecule has 0 saturated carbocycles. The number of rotatable bonds is 4. The second-order valence-corrected chi connectivity index (χ2v) is 5.33. The van der Waals surface area contributed by atoms with Crippen LogP contribution in [0.4, 0.5) is 0 Å². The summed E-state index contributed by atoms with van der Waals surface area (Å²) in [5, 5.41) is 9.43. The fourth-order valence-corrected chi connectivity index (χ4v) is 1.96. The predicted molar refractivity (Wildman–Crippen MR) is 73.4 cm³/mol. The van der Waals surface area contributed by atoms with Crippen LogP contribution in [0.25, 0.3) is 0 Å². The number of carboxylic acids is 1. The minimum absolute atomic E-state index is 0.0321. The summed E-state index contributed by atoms with van der Waals surface area (Å²) < 4.78 is 5.40. The van der Waals surface area contributed by atoms with Crippen molar-refractivity contribution in [3.05, 3.63) is 26.2 Å². The second kappa shape index (κ2) is 5.74. The Morgan fingerprint density at radius 2 is 1.83 bits per heavy atom. The molecule has 0 saturated heterocycles. The third-order valence-corrected chi connectivity index (χ3v) is 4.27. The van der Waals surface area contributed by atoms with Crippen LogP contribution in [-0.2, 0) is 4.79 Å². The van der Waals surface area contributed by atoms with E-state index in [1.54, 1.807) is 6.92 Å². The second-order valence-electron chi connectivity index (χ2n) is 3.79. The molecule has 0 fully saturated rings. The van der Waals surface area contributed by atoms with Crippen LogP contribution in [0.3, 0.4) is 0 Å². The summed E-state index contributed by atoms with van der Waals surface area (Å²) in [6, 6.07) is 1.34. The van der Waals surface area contributed by atoms with Gasteiger partial charge in [0.15, 0.2) is 0 Å². The van der Waals surface area contributed by atoms with Gasteiger partial charge in [0.2, 0.25) is 5.60 Å². The van der Waals surface area contributed by atoms with Crippen molar-refractivity contribution in [2.45, 2.75) is 25.9 Å². The zero-order chi connectivity index (χ0) is 14.1. The van der Waals surface area contributed by atoms with Gasteiger partial charge in [-0.25, -0.2) is 4.79 Å². The van der Waals surface area contributed by atoms with E-state index >= 15 is 0 Å². The zero-order valence-electron chi connectivity index (χ0n) is 9.56. The minimum atomic E-state index is -1.41. The van der Waals surface area contributed by atoms with Crippen LogP contribution >= 0.6 is 46.4 Å². The molecule has 0 amide bonds. The molecule has 0 aliphatic heterocycles. The van der Waals surface area contributed by atoms with Crippen LogP contribution in [0, 0.1) is 0 Å².